The van der Waals surface area contributed by atoms with Gasteiger partial charge in [-0.15, -0.1) is 0 Å². The third-order valence-corrected chi connectivity index (χ3v) is 2.98. The maximum atomic E-state index is 6.11. The molecule has 1 aromatic carbocycles. The maximum absolute atomic E-state index is 6.11. The van der Waals surface area contributed by atoms with Crippen LogP contribution in [0.1, 0.15) is 11.1 Å². The van der Waals surface area contributed by atoms with Crippen molar-refractivity contribution in [1.82, 2.24) is 15.5 Å². The largest absolute Gasteiger partial charge is 0.454 e. The normalized spacial score (nSPS) is 12.9. The summed E-state index contributed by atoms with van der Waals surface area (Å²) in [4.78, 5) is 0. The predicted molar refractivity (Wildman–Crippen MR) is 66.7 cm³/mol. The molecule has 2 heterocycles. The van der Waals surface area contributed by atoms with Gasteiger partial charge in [0.25, 0.3) is 0 Å². The lowest BCUT2D eigenvalue weighted by molar-refractivity contribution is 0.174. The standard InChI is InChI=1S/C12H12ClN3O2/c13-10-1-8(2-11-12(10)18-7-17-11)3-14-4-9-5-15-16-6-9/h1-2,5-6,14H,3-4,7H2,(H,15,16). The lowest BCUT2D eigenvalue weighted by Crippen LogP contribution is -2.12. The zero-order valence-electron chi connectivity index (χ0n) is 9.57. The van der Waals surface area contributed by atoms with Crippen LogP contribution < -0.4 is 14.8 Å². The molecule has 94 valence electrons. The van der Waals surface area contributed by atoms with E-state index in [9.17, 15) is 0 Å². The lowest BCUT2D eigenvalue weighted by Gasteiger charge is -2.06. The van der Waals surface area contributed by atoms with Gasteiger partial charge in [-0.2, -0.15) is 5.10 Å². The molecule has 1 aliphatic rings. The number of H-pyrrole nitrogens is 1. The minimum absolute atomic E-state index is 0.237. The Kier molecular flexibility index (Phi) is 3.08. The van der Waals surface area contributed by atoms with Crippen molar-refractivity contribution in [2.24, 2.45) is 0 Å². The first kappa shape index (κ1) is 11.4. The van der Waals surface area contributed by atoms with Gasteiger partial charge in [0.2, 0.25) is 6.79 Å². The van der Waals surface area contributed by atoms with Crippen molar-refractivity contribution in [2.75, 3.05) is 6.79 Å². The highest BCUT2D eigenvalue weighted by Crippen LogP contribution is 2.39. The minimum Gasteiger partial charge on any atom is -0.454 e. The van der Waals surface area contributed by atoms with Crippen LogP contribution in [0.4, 0.5) is 0 Å². The van der Waals surface area contributed by atoms with Crippen molar-refractivity contribution >= 4 is 11.6 Å². The van der Waals surface area contributed by atoms with E-state index < -0.39 is 0 Å². The summed E-state index contributed by atoms with van der Waals surface area (Å²) in [6.07, 6.45) is 3.65. The molecule has 6 heteroatoms. The summed E-state index contributed by atoms with van der Waals surface area (Å²) in [5.41, 5.74) is 2.18. The molecule has 0 amide bonds. The highest BCUT2D eigenvalue weighted by atomic mass is 35.5. The number of rotatable bonds is 4. The average molecular weight is 266 g/mol. The summed E-state index contributed by atoms with van der Waals surface area (Å²) in [7, 11) is 0. The molecule has 2 aromatic rings. The number of nitrogens with one attached hydrogen (secondary N) is 2. The first-order valence-corrected chi connectivity index (χ1v) is 5.97. The number of ether oxygens (including phenoxy) is 2. The van der Waals surface area contributed by atoms with E-state index in [1.165, 1.54) is 0 Å². The Hall–Kier alpha value is -1.72. The molecule has 0 fully saturated rings. The Morgan fingerprint density at radius 3 is 3.00 bits per heavy atom. The molecular formula is C12H12ClN3O2. The van der Waals surface area contributed by atoms with E-state index in [2.05, 4.69) is 15.5 Å². The third kappa shape index (κ3) is 2.27. The van der Waals surface area contributed by atoms with Crippen molar-refractivity contribution in [3.63, 3.8) is 0 Å². The molecule has 2 N–H and O–H groups in total. The predicted octanol–water partition coefficient (Wildman–Crippen LogP) is 2.08. The average Bonchev–Trinajstić information content (AvgIpc) is 2.99. The molecular weight excluding hydrogens is 254 g/mol. The molecule has 0 saturated heterocycles. The van der Waals surface area contributed by atoms with Crippen LogP contribution in [0.15, 0.2) is 24.5 Å². The van der Waals surface area contributed by atoms with Crippen LogP contribution in [0.5, 0.6) is 11.5 Å². The molecule has 0 aliphatic carbocycles. The Morgan fingerprint density at radius 1 is 1.28 bits per heavy atom. The van der Waals surface area contributed by atoms with E-state index in [1.807, 2.05) is 18.3 Å². The SMILES string of the molecule is Clc1cc(CNCc2cn[nH]c2)cc2c1OCO2. The van der Waals surface area contributed by atoms with Gasteiger partial charge in [-0.25, -0.2) is 0 Å². The molecule has 0 spiro atoms. The van der Waals surface area contributed by atoms with Crippen molar-refractivity contribution in [3.8, 4) is 11.5 Å². The van der Waals surface area contributed by atoms with Crippen LogP contribution >= 0.6 is 11.6 Å². The van der Waals surface area contributed by atoms with E-state index in [0.29, 0.717) is 23.1 Å². The molecule has 0 saturated carbocycles. The number of hydrogen-bond acceptors (Lipinski definition) is 4. The summed E-state index contributed by atoms with van der Waals surface area (Å²) >= 11 is 6.11. The van der Waals surface area contributed by atoms with E-state index in [0.717, 1.165) is 17.7 Å². The molecule has 0 atom stereocenters. The van der Waals surface area contributed by atoms with E-state index in [-0.39, 0.29) is 6.79 Å². The smallest absolute Gasteiger partial charge is 0.231 e. The molecule has 0 unspecified atom stereocenters. The Balaban J connectivity index is 1.65. The van der Waals surface area contributed by atoms with Crippen LogP contribution in [0.3, 0.4) is 0 Å². The lowest BCUT2D eigenvalue weighted by atomic mass is 10.2. The first-order valence-electron chi connectivity index (χ1n) is 5.59. The monoisotopic (exact) mass is 265 g/mol. The van der Waals surface area contributed by atoms with E-state index in [1.54, 1.807) is 6.20 Å². The number of aromatic nitrogens is 2. The molecule has 0 bridgehead atoms. The van der Waals surface area contributed by atoms with Crippen molar-refractivity contribution in [2.45, 2.75) is 13.1 Å². The van der Waals surface area contributed by atoms with Crippen molar-refractivity contribution in [3.05, 3.63) is 40.7 Å². The number of halogens is 1. The number of aromatic amines is 1. The topological polar surface area (TPSA) is 59.2 Å². The third-order valence-electron chi connectivity index (χ3n) is 2.70. The van der Waals surface area contributed by atoms with Gasteiger partial charge in [0.05, 0.1) is 11.2 Å². The second-order valence-corrected chi connectivity index (χ2v) is 4.43. The summed E-state index contributed by atoms with van der Waals surface area (Å²) in [5, 5.41) is 10.6. The molecule has 1 aliphatic heterocycles. The van der Waals surface area contributed by atoms with Gasteiger partial charge in [0.15, 0.2) is 11.5 Å². The highest BCUT2D eigenvalue weighted by Gasteiger charge is 2.17. The molecule has 18 heavy (non-hydrogen) atoms. The Bertz CT molecular complexity index is 543. The zero-order chi connectivity index (χ0) is 12.4. The number of benzene rings is 1. The molecule has 3 rings (SSSR count). The van der Waals surface area contributed by atoms with Crippen molar-refractivity contribution < 1.29 is 9.47 Å². The van der Waals surface area contributed by atoms with Crippen LogP contribution in [-0.2, 0) is 13.1 Å². The summed E-state index contributed by atoms with van der Waals surface area (Å²) in [5.74, 6) is 1.35. The van der Waals surface area contributed by atoms with Gasteiger partial charge in [0.1, 0.15) is 0 Å². The Labute approximate surface area is 109 Å². The highest BCUT2D eigenvalue weighted by molar-refractivity contribution is 6.32. The zero-order valence-corrected chi connectivity index (χ0v) is 10.3. The van der Waals surface area contributed by atoms with E-state index >= 15 is 0 Å². The fourth-order valence-corrected chi connectivity index (χ4v) is 2.14. The first-order chi connectivity index (χ1) is 8.83. The number of hydrogen-bond donors (Lipinski definition) is 2. The second kappa shape index (κ2) is 4.88. The number of fused-ring (bicyclic) bond motifs is 1. The quantitative estimate of drug-likeness (QED) is 0.889. The van der Waals surface area contributed by atoms with Gasteiger partial charge in [-0.1, -0.05) is 11.6 Å². The summed E-state index contributed by atoms with van der Waals surface area (Å²) < 4.78 is 10.6. The number of nitrogens with zero attached hydrogens (tertiary/aromatic N) is 1. The molecule has 5 nitrogen and oxygen atoms in total. The molecule has 0 radical (unpaired) electrons. The Morgan fingerprint density at radius 2 is 2.17 bits per heavy atom. The van der Waals surface area contributed by atoms with Gasteiger partial charge in [-0.05, 0) is 17.7 Å². The van der Waals surface area contributed by atoms with Crippen LogP contribution in [-0.4, -0.2) is 17.0 Å². The van der Waals surface area contributed by atoms with Gasteiger partial charge in [-0.3, -0.25) is 5.10 Å². The summed E-state index contributed by atoms with van der Waals surface area (Å²) in [6, 6.07) is 3.83. The van der Waals surface area contributed by atoms with Gasteiger partial charge in [0, 0.05) is 24.8 Å². The second-order valence-electron chi connectivity index (χ2n) is 4.02. The molecule has 1 aromatic heterocycles. The van der Waals surface area contributed by atoms with Crippen LogP contribution in [0, 0.1) is 0 Å². The van der Waals surface area contributed by atoms with Crippen molar-refractivity contribution in [1.29, 1.82) is 0 Å². The van der Waals surface area contributed by atoms with Gasteiger partial charge < -0.3 is 14.8 Å². The fraction of sp³-hybridized carbons (Fsp3) is 0.250. The van der Waals surface area contributed by atoms with Gasteiger partial charge >= 0.3 is 0 Å². The van der Waals surface area contributed by atoms with E-state index in [4.69, 9.17) is 21.1 Å². The van der Waals surface area contributed by atoms with Crippen LogP contribution in [0.2, 0.25) is 5.02 Å². The summed E-state index contributed by atoms with van der Waals surface area (Å²) in [6.45, 7) is 1.70. The minimum atomic E-state index is 0.237. The maximum Gasteiger partial charge on any atom is 0.231 e. The van der Waals surface area contributed by atoms with Crippen LogP contribution in [0.25, 0.3) is 0 Å². The fourth-order valence-electron chi connectivity index (χ4n) is 1.85.